The first-order valence-corrected chi connectivity index (χ1v) is 5.93. The van der Waals surface area contributed by atoms with E-state index in [4.69, 9.17) is 11.7 Å². The van der Waals surface area contributed by atoms with Gasteiger partial charge in [0.05, 0.1) is 12.5 Å². The van der Waals surface area contributed by atoms with Crippen molar-refractivity contribution in [3.63, 3.8) is 0 Å². The monoisotopic (exact) mass is 226 g/mol. The van der Waals surface area contributed by atoms with E-state index >= 15 is 0 Å². The molecular weight excluding hydrogens is 208 g/mol. The van der Waals surface area contributed by atoms with Crippen LogP contribution in [0.25, 0.3) is 0 Å². The maximum atomic E-state index is 8.76. The fraction of sp³-hybridized carbons (Fsp3) is 0.400. The molecule has 0 aliphatic rings. The van der Waals surface area contributed by atoms with Gasteiger partial charge >= 0.3 is 0 Å². The van der Waals surface area contributed by atoms with Crippen molar-refractivity contribution in [1.82, 2.24) is 5.32 Å². The molecule has 0 saturated heterocycles. The number of nitrogens with one attached hydrogen (secondary N) is 1. The number of nitriles is 1. The highest BCUT2D eigenvalue weighted by Crippen LogP contribution is 2.17. The minimum absolute atomic E-state index is 0.0788. The van der Waals surface area contributed by atoms with Gasteiger partial charge in [0.15, 0.2) is 0 Å². The summed E-state index contributed by atoms with van der Waals surface area (Å²) in [5.74, 6) is 2.62. The van der Waals surface area contributed by atoms with Crippen LogP contribution in [0.1, 0.15) is 37.8 Å². The molecule has 2 nitrogen and oxygen atoms in total. The van der Waals surface area contributed by atoms with Crippen LogP contribution >= 0.6 is 0 Å². The number of hydrogen-bond donors (Lipinski definition) is 1. The third kappa shape index (κ3) is 4.31. The summed E-state index contributed by atoms with van der Waals surface area (Å²) in [7, 11) is 0. The Morgan fingerprint density at radius 3 is 2.53 bits per heavy atom. The predicted octanol–water partition coefficient (Wildman–Crippen LogP) is 3.03. The zero-order valence-electron chi connectivity index (χ0n) is 10.2. The maximum absolute atomic E-state index is 8.76. The normalized spacial score (nSPS) is 13.4. The molecular formula is C15H18N2. The summed E-state index contributed by atoms with van der Waals surface area (Å²) in [6.07, 6.45) is 7.34. The smallest absolute Gasteiger partial charge is 0.0638 e. The molecule has 0 heterocycles. The molecule has 0 aliphatic carbocycles. The highest BCUT2D eigenvalue weighted by Gasteiger charge is 2.14. The van der Waals surface area contributed by atoms with Crippen molar-refractivity contribution < 1.29 is 0 Å². The predicted molar refractivity (Wildman–Crippen MR) is 70.1 cm³/mol. The molecule has 0 amide bonds. The Labute approximate surface area is 104 Å². The standard InChI is InChI=1S/C15H18N2/c1-3-8-14(11-12-16)17-15(4-2)13-9-6-5-7-10-13/h1,5-7,9-10,14-15,17H,4,8,11H2,2H3. The van der Waals surface area contributed by atoms with E-state index < -0.39 is 0 Å². The molecule has 0 aromatic heterocycles. The molecule has 0 aliphatic heterocycles. The van der Waals surface area contributed by atoms with E-state index in [9.17, 15) is 0 Å². The van der Waals surface area contributed by atoms with Gasteiger partial charge in [-0.05, 0) is 12.0 Å². The first kappa shape index (κ1) is 13.3. The number of hydrogen-bond acceptors (Lipinski definition) is 2. The Kier molecular flexibility index (Phi) is 5.86. The topological polar surface area (TPSA) is 35.8 Å². The zero-order valence-corrected chi connectivity index (χ0v) is 10.2. The third-order valence-electron chi connectivity index (χ3n) is 2.75. The van der Waals surface area contributed by atoms with Crippen LogP contribution in [0.2, 0.25) is 0 Å². The summed E-state index contributed by atoms with van der Waals surface area (Å²) < 4.78 is 0. The molecule has 2 heteroatoms. The number of benzene rings is 1. The van der Waals surface area contributed by atoms with Gasteiger partial charge in [-0.2, -0.15) is 5.26 Å². The lowest BCUT2D eigenvalue weighted by molar-refractivity contribution is 0.433. The minimum atomic E-state index is 0.0788. The van der Waals surface area contributed by atoms with Crippen molar-refractivity contribution in [1.29, 1.82) is 5.26 Å². The molecule has 1 aromatic rings. The second kappa shape index (κ2) is 7.49. The van der Waals surface area contributed by atoms with Crippen LogP contribution in [0, 0.1) is 23.7 Å². The Morgan fingerprint density at radius 1 is 1.29 bits per heavy atom. The van der Waals surface area contributed by atoms with Crippen molar-refractivity contribution in [2.45, 2.75) is 38.3 Å². The summed E-state index contributed by atoms with van der Waals surface area (Å²) in [4.78, 5) is 0. The Bertz CT molecular complexity index is 381. The van der Waals surface area contributed by atoms with E-state index in [0.717, 1.165) is 6.42 Å². The van der Waals surface area contributed by atoms with E-state index in [2.05, 4.69) is 36.4 Å². The van der Waals surface area contributed by atoms with Crippen LogP contribution in [0.15, 0.2) is 30.3 Å². The van der Waals surface area contributed by atoms with Crippen LogP contribution in [0.3, 0.4) is 0 Å². The molecule has 0 saturated carbocycles. The SMILES string of the molecule is C#CCC(CC#N)NC(CC)c1ccccc1. The Hall–Kier alpha value is -1.77. The van der Waals surface area contributed by atoms with E-state index in [1.165, 1.54) is 5.56 Å². The Morgan fingerprint density at radius 2 is 2.00 bits per heavy atom. The molecule has 2 unspecified atom stereocenters. The molecule has 88 valence electrons. The van der Waals surface area contributed by atoms with Crippen molar-refractivity contribution in [2.75, 3.05) is 0 Å². The highest BCUT2D eigenvalue weighted by atomic mass is 14.9. The zero-order chi connectivity index (χ0) is 12.5. The van der Waals surface area contributed by atoms with Crippen LogP contribution < -0.4 is 5.32 Å². The van der Waals surface area contributed by atoms with Gasteiger partial charge in [-0.3, -0.25) is 0 Å². The first-order valence-electron chi connectivity index (χ1n) is 5.93. The second-order valence-corrected chi connectivity index (χ2v) is 4.01. The summed E-state index contributed by atoms with van der Waals surface area (Å²) >= 11 is 0. The van der Waals surface area contributed by atoms with Crippen molar-refractivity contribution in [3.05, 3.63) is 35.9 Å². The highest BCUT2D eigenvalue weighted by molar-refractivity contribution is 5.19. The summed E-state index contributed by atoms with van der Waals surface area (Å²) in [5.41, 5.74) is 1.25. The largest absolute Gasteiger partial charge is 0.305 e. The van der Waals surface area contributed by atoms with Gasteiger partial charge in [-0.15, -0.1) is 12.3 Å². The van der Waals surface area contributed by atoms with Gasteiger partial charge in [0, 0.05) is 18.5 Å². The molecule has 0 spiro atoms. The van der Waals surface area contributed by atoms with E-state index in [1.54, 1.807) is 0 Å². The summed E-state index contributed by atoms with van der Waals surface area (Å²) in [6.45, 7) is 2.13. The molecule has 1 rings (SSSR count). The molecule has 1 N–H and O–H groups in total. The van der Waals surface area contributed by atoms with Gasteiger partial charge in [0.1, 0.15) is 0 Å². The summed E-state index contributed by atoms with van der Waals surface area (Å²) in [6, 6.07) is 12.8. The number of nitrogens with zero attached hydrogens (tertiary/aromatic N) is 1. The fourth-order valence-electron chi connectivity index (χ4n) is 1.86. The average Bonchev–Trinajstić information content (AvgIpc) is 2.37. The second-order valence-electron chi connectivity index (χ2n) is 4.01. The van der Waals surface area contributed by atoms with Crippen LogP contribution in [-0.4, -0.2) is 6.04 Å². The molecule has 17 heavy (non-hydrogen) atoms. The van der Waals surface area contributed by atoms with Gasteiger partial charge in [0.2, 0.25) is 0 Å². The molecule has 1 aromatic carbocycles. The van der Waals surface area contributed by atoms with Gasteiger partial charge < -0.3 is 5.32 Å². The fourth-order valence-corrected chi connectivity index (χ4v) is 1.86. The number of terminal acetylenes is 1. The van der Waals surface area contributed by atoms with Crippen LogP contribution in [0.4, 0.5) is 0 Å². The Balaban J connectivity index is 2.69. The lowest BCUT2D eigenvalue weighted by Gasteiger charge is -2.22. The summed E-state index contributed by atoms with van der Waals surface area (Å²) in [5, 5.41) is 12.2. The van der Waals surface area contributed by atoms with Crippen molar-refractivity contribution >= 4 is 0 Å². The molecule has 2 atom stereocenters. The maximum Gasteiger partial charge on any atom is 0.0638 e. The number of rotatable bonds is 6. The van der Waals surface area contributed by atoms with Crippen molar-refractivity contribution in [3.8, 4) is 18.4 Å². The molecule has 0 radical (unpaired) electrons. The third-order valence-corrected chi connectivity index (χ3v) is 2.75. The van der Waals surface area contributed by atoms with E-state index in [0.29, 0.717) is 12.8 Å². The van der Waals surface area contributed by atoms with Gasteiger partial charge in [-0.1, -0.05) is 37.3 Å². The van der Waals surface area contributed by atoms with Crippen LogP contribution in [0.5, 0.6) is 0 Å². The average molecular weight is 226 g/mol. The van der Waals surface area contributed by atoms with Gasteiger partial charge in [-0.25, -0.2) is 0 Å². The lowest BCUT2D eigenvalue weighted by Crippen LogP contribution is -2.32. The van der Waals surface area contributed by atoms with E-state index in [1.807, 2.05) is 18.2 Å². The molecule has 0 fully saturated rings. The van der Waals surface area contributed by atoms with Crippen LogP contribution in [-0.2, 0) is 0 Å². The quantitative estimate of drug-likeness (QED) is 0.757. The minimum Gasteiger partial charge on any atom is -0.305 e. The first-order chi connectivity index (χ1) is 8.31. The lowest BCUT2D eigenvalue weighted by atomic mass is 10.0. The van der Waals surface area contributed by atoms with Gasteiger partial charge in [0.25, 0.3) is 0 Å². The molecule has 0 bridgehead atoms. The van der Waals surface area contributed by atoms with Crippen molar-refractivity contribution in [2.24, 2.45) is 0 Å². The van der Waals surface area contributed by atoms with E-state index in [-0.39, 0.29) is 12.1 Å².